The van der Waals surface area contributed by atoms with E-state index < -0.39 is 0 Å². The molecule has 2 fully saturated rings. The first kappa shape index (κ1) is 17.8. The van der Waals surface area contributed by atoms with Crippen LogP contribution in [-0.4, -0.2) is 17.6 Å². The number of rotatable bonds is 2. The number of nitrogens with one attached hydrogen (secondary N) is 1. The summed E-state index contributed by atoms with van der Waals surface area (Å²) in [6, 6.07) is 4.21. The molecule has 28 heavy (non-hydrogen) atoms. The van der Waals surface area contributed by atoms with E-state index in [4.69, 9.17) is 9.15 Å². The van der Waals surface area contributed by atoms with Crippen LogP contribution in [0.2, 0.25) is 0 Å². The van der Waals surface area contributed by atoms with Crippen molar-refractivity contribution in [3.63, 3.8) is 0 Å². The third-order valence-electron chi connectivity index (χ3n) is 6.81. The molecular weight excluding hydrogens is 350 g/mol. The van der Waals surface area contributed by atoms with Gasteiger partial charge in [0, 0.05) is 22.6 Å². The summed E-state index contributed by atoms with van der Waals surface area (Å²) in [6.07, 6.45) is 16.1. The zero-order valence-corrected chi connectivity index (χ0v) is 16.7. The van der Waals surface area contributed by atoms with Gasteiger partial charge in [0.2, 0.25) is 0 Å². The molecule has 1 N–H and O–H groups in total. The van der Waals surface area contributed by atoms with E-state index in [0.29, 0.717) is 5.76 Å². The van der Waals surface area contributed by atoms with Gasteiger partial charge in [0.1, 0.15) is 16.9 Å². The average molecular weight is 380 g/mol. The number of aryl methyl sites for hydroxylation is 1. The van der Waals surface area contributed by atoms with Gasteiger partial charge < -0.3 is 14.5 Å². The highest BCUT2D eigenvalue weighted by molar-refractivity contribution is 6.02. The van der Waals surface area contributed by atoms with Crippen molar-refractivity contribution < 1.29 is 13.9 Å². The Hall–Kier alpha value is -2.23. The minimum Gasteiger partial charge on any atom is -0.483 e. The van der Waals surface area contributed by atoms with Crippen molar-refractivity contribution in [2.24, 2.45) is 0 Å². The molecule has 4 nitrogen and oxygen atoms in total. The summed E-state index contributed by atoms with van der Waals surface area (Å²) in [5, 5.41) is 4.22. The lowest BCUT2D eigenvalue weighted by Gasteiger charge is -2.31. The number of carbonyl (C=O) groups excluding carboxylic acids is 1. The summed E-state index contributed by atoms with van der Waals surface area (Å²) in [7, 11) is 0. The number of hydrogen-bond acceptors (Lipinski definition) is 3. The van der Waals surface area contributed by atoms with Crippen LogP contribution in [0.15, 0.2) is 22.6 Å². The number of amides is 1. The zero-order chi connectivity index (χ0) is 19.1. The number of carbonyl (C=O) groups is 1. The molecule has 2 heterocycles. The van der Waals surface area contributed by atoms with Crippen LogP contribution in [0.1, 0.15) is 85.9 Å². The van der Waals surface area contributed by atoms with E-state index in [-0.39, 0.29) is 17.6 Å². The number of benzene rings is 1. The minimum atomic E-state index is -0.127. The number of fused-ring (bicyclic) bond motifs is 3. The Kier molecular flexibility index (Phi) is 4.45. The molecule has 2 aliphatic carbocycles. The third-order valence-corrected chi connectivity index (χ3v) is 6.81. The summed E-state index contributed by atoms with van der Waals surface area (Å²) >= 11 is 0. The van der Waals surface area contributed by atoms with Crippen LogP contribution >= 0.6 is 0 Å². The Morgan fingerprint density at radius 2 is 1.82 bits per heavy atom. The van der Waals surface area contributed by atoms with Crippen LogP contribution in [0.3, 0.4) is 0 Å². The van der Waals surface area contributed by atoms with Gasteiger partial charge in [-0.1, -0.05) is 31.8 Å². The standard InChI is InChI=1S/C24H29NO3/c1-16-21-18-12-15-24(13-6-7-14-24)28-19(18)10-11-20(21)27-22(16)23(26)25-17-8-4-2-3-5-9-17/h10-12,15,17H,2-9,13-14H2,1H3,(H,25,26). The normalized spacial score (nSPS) is 21.5. The number of furan rings is 1. The smallest absolute Gasteiger partial charge is 0.287 e. The Morgan fingerprint density at radius 3 is 2.57 bits per heavy atom. The van der Waals surface area contributed by atoms with Crippen molar-refractivity contribution in [1.29, 1.82) is 0 Å². The van der Waals surface area contributed by atoms with Crippen molar-refractivity contribution >= 4 is 23.0 Å². The van der Waals surface area contributed by atoms with Crippen molar-refractivity contribution in [2.75, 3.05) is 0 Å². The lowest BCUT2D eigenvalue weighted by molar-refractivity contribution is 0.0906. The molecule has 1 aromatic carbocycles. The maximum atomic E-state index is 12.9. The molecule has 3 aliphatic rings. The highest BCUT2D eigenvalue weighted by Crippen LogP contribution is 2.44. The first-order valence-corrected chi connectivity index (χ1v) is 10.9. The van der Waals surface area contributed by atoms with Gasteiger partial charge in [-0.25, -0.2) is 0 Å². The Bertz CT molecular complexity index is 925. The molecule has 0 atom stereocenters. The molecule has 1 spiro atoms. The molecule has 1 aromatic heterocycles. The molecule has 5 rings (SSSR count). The van der Waals surface area contributed by atoms with Gasteiger partial charge in [-0.15, -0.1) is 0 Å². The average Bonchev–Trinajstić information content (AvgIpc) is 3.18. The summed E-state index contributed by atoms with van der Waals surface area (Å²) in [5.41, 5.74) is 2.59. The molecule has 4 heteroatoms. The molecule has 0 saturated heterocycles. The molecule has 0 unspecified atom stereocenters. The number of ether oxygens (including phenoxy) is 1. The van der Waals surface area contributed by atoms with Gasteiger partial charge in [0.15, 0.2) is 5.76 Å². The summed E-state index contributed by atoms with van der Waals surface area (Å²) in [5.74, 6) is 1.28. The first-order valence-electron chi connectivity index (χ1n) is 10.9. The quantitative estimate of drug-likeness (QED) is 0.660. The lowest BCUT2D eigenvalue weighted by atomic mass is 9.94. The minimum absolute atomic E-state index is 0.0812. The second-order valence-corrected chi connectivity index (χ2v) is 8.78. The second-order valence-electron chi connectivity index (χ2n) is 8.78. The van der Waals surface area contributed by atoms with Crippen molar-refractivity contribution in [2.45, 2.75) is 82.8 Å². The first-order chi connectivity index (χ1) is 13.7. The molecular formula is C24H29NO3. The fraction of sp³-hybridized carbons (Fsp3) is 0.542. The van der Waals surface area contributed by atoms with E-state index >= 15 is 0 Å². The number of hydrogen-bond donors (Lipinski definition) is 1. The Morgan fingerprint density at radius 1 is 1.07 bits per heavy atom. The van der Waals surface area contributed by atoms with Crippen molar-refractivity contribution in [3.05, 3.63) is 35.1 Å². The molecule has 1 aliphatic heterocycles. The molecule has 1 amide bonds. The van der Waals surface area contributed by atoms with Gasteiger partial charge in [0.25, 0.3) is 5.91 Å². The molecule has 0 radical (unpaired) electrons. The van der Waals surface area contributed by atoms with Crippen LogP contribution in [0.5, 0.6) is 5.75 Å². The van der Waals surface area contributed by atoms with Crippen molar-refractivity contribution in [1.82, 2.24) is 5.32 Å². The van der Waals surface area contributed by atoms with E-state index in [0.717, 1.165) is 53.5 Å². The van der Waals surface area contributed by atoms with Gasteiger partial charge in [0.05, 0.1) is 0 Å². The fourth-order valence-corrected chi connectivity index (χ4v) is 5.23. The summed E-state index contributed by atoms with van der Waals surface area (Å²) in [4.78, 5) is 12.9. The van der Waals surface area contributed by atoms with E-state index in [1.165, 1.54) is 38.5 Å². The Labute approximate surface area is 166 Å². The molecule has 148 valence electrons. The molecule has 2 saturated carbocycles. The van der Waals surface area contributed by atoms with E-state index in [2.05, 4.69) is 17.5 Å². The SMILES string of the molecule is Cc1c(C(=O)NC2CCCCCC2)oc2ccc3c(c12)C=CC1(CCCC1)O3. The van der Waals surface area contributed by atoms with Gasteiger partial charge in [-0.2, -0.15) is 0 Å². The van der Waals surface area contributed by atoms with Crippen molar-refractivity contribution in [3.8, 4) is 5.75 Å². The highest BCUT2D eigenvalue weighted by Gasteiger charge is 2.37. The summed E-state index contributed by atoms with van der Waals surface area (Å²) < 4.78 is 12.4. The topological polar surface area (TPSA) is 51.5 Å². The predicted molar refractivity (Wildman–Crippen MR) is 111 cm³/mol. The van der Waals surface area contributed by atoms with E-state index in [1.54, 1.807) is 0 Å². The van der Waals surface area contributed by atoms with Gasteiger partial charge in [-0.3, -0.25) is 4.79 Å². The predicted octanol–water partition coefficient (Wildman–Crippen LogP) is 5.91. The van der Waals surface area contributed by atoms with Gasteiger partial charge >= 0.3 is 0 Å². The lowest BCUT2D eigenvalue weighted by Crippen LogP contribution is -2.34. The third kappa shape index (κ3) is 3.03. The highest BCUT2D eigenvalue weighted by atomic mass is 16.5. The van der Waals surface area contributed by atoms with Crippen LogP contribution in [0.25, 0.3) is 17.0 Å². The molecule has 2 aromatic rings. The second kappa shape index (κ2) is 6.98. The van der Waals surface area contributed by atoms with E-state index in [9.17, 15) is 4.79 Å². The van der Waals surface area contributed by atoms with E-state index in [1.807, 2.05) is 19.1 Å². The maximum Gasteiger partial charge on any atom is 0.287 e. The fourth-order valence-electron chi connectivity index (χ4n) is 5.23. The van der Waals surface area contributed by atoms with Gasteiger partial charge in [-0.05, 0) is 63.7 Å². The van der Waals surface area contributed by atoms with Crippen LogP contribution in [0, 0.1) is 6.92 Å². The van der Waals surface area contributed by atoms with Crippen LogP contribution in [-0.2, 0) is 0 Å². The van der Waals surface area contributed by atoms with Crippen LogP contribution in [0.4, 0.5) is 0 Å². The Balaban J connectivity index is 1.46. The summed E-state index contributed by atoms with van der Waals surface area (Å²) in [6.45, 7) is 1.99. The molecule has 0 bridgehead atoms. The zero-order valence-electron chi connectivity index (χ0n) is 16.7. The monoisotopic (exact) mass is 379 g/mol. The maximum absolute atomic E-state index is 12.9. The largest absolute Gasteiger partial charge is 0.483 e. The van der Waals surface area contributed by atoms with Crippen LogP contribution < -0.4 is 10.1 Å².